The fraction of sp³-hybridized carbons (Fsp3) is 0.556. The Morgan fingerprint density at radius 3 is 2.62 bits per heavy atom. The lowest BCUT2D eigenvalue weighted by Gasteiger charge is -2.47. The standard InChI is InChI=1S/C18H21NO7/c1-2-24-18(23)17(22)19-7-9-3-15-16(26-8-25-15)5-10(9)11-4-13(20)14(21)6-12(11)19/h3,5,11-14,20-21H,2,4,6-8H2,1H3/t11-,12-,13+,14-/m0/s1. The third-order valence-electron chi connectivity index (χ3n) is 5.37. The van der Waals surface area contributed by atoms with E-state index >= 15 is 0 Å². The van der Waals surface area contributed by atoms with E-state index in [-0.39, 0.29) is 32.3 Å². The molecule has 1 amide bonds. The summed E-state index contributed by atoms with van der Waals surface area (Å²) in [6, 6.07) is 3.31. The Morgan fingerprint density at radius 2 is 1.88 bits per heavy atom. The number of esters is 1. The quantitative estimate of drug-likeness (QED) is 0.546. The van der Waals surface area contributed by atoms with Crippen LogP contribution in [0, 0.1) is 0 Å². The van der Waals surface area contributed by atoms with Gasteiger partial charge in [0.15, 0.2) is 11.5 Å². The zero-order valence-corrected chi connectivity index (χ0v) is 14.4. The third kappa shape index (κ3) is 2.69. The highest BCUT2D eigenvalue weighted by atomic mass is 16.7. The topological polar surface area (TPSA) is 106 Å². The smallest absolute Gasteiger partial charge is 0.397 e. The van der Waals surface area contributed by atoms with E-state index in [0.29, 0.717) is 17.9 Å². The molecule has 26 heavy (non-hydrogen) atoms. The van der Waals surface area contributed by atoms with Crippen molar-refractivity contribution < 1.29 is 34.0 Å². The number of ether oxygens (including phenoxy) is 3. The number of fused-ring (bicyclic) bond motifs is 4. The van der Waals surface area contributed by atoms with Gasteiger partial charge in [-0.05, 0) is 43.0 Å². The van der Waals surface area contributed by atoms with Crippen molar-refractivity contribution in [1.29, 1.82) is 0 Å². The van der Waals surface area contributed by atoms with Crippen molar-refractivity contribution in [3.63, 3.8) is 0 Å². The summed E-state index contributed by atoms with van der Waals surface area (Å²) >= 11 is 0. The molecule has 2 aliphatic heterocycles. The fourth-order valence-electron chi connectivity index (χ4n) is 4.14. The molecule has 140 valence electrons. The van der Waals surface area contributed by atoms with E-state index in [0.717, 1.165) is 11.1 Å². The molecule has 1 fully saturated rings. The van der Waals surface area contributed by atoms with Crippen LogP contribution in [0.3, 0.4) is 0 Å². The van der Waals surface area contributed by atoms with Crippen LogP contribution in [0.2, 0.25) is 0 Å². The first-order valence-corrected chi connectivity index (χ1v) is 8.75. The van der Waals surface area contributed by atoms with Crippen LogP contribution in [-0.2, 0) is 20.9 Å². The largest absolute Gasteiger partial charge is 0.459 e. The molecule has 3 aliphatic rings. The van der Waals surface area contributed by atoms with Crippen LogP contribution >= 0.6 is 0 Å². The number of aliphatic hydroxyl groups excluding tert-OH is 2. The van der Waals surface area contributed by atoms with Gasteiger partial charge in [0.1, 0.15) is 0 Å². The lowest BCUT2D eigenvalue weighted by molar-refractivity contribution is -0.163. The number of carbonyl (C=O) groups excluding carboxylic acids is 2. The molecule has 1 aliphatic carbocycles. The molecule has 1 aromatic carbocycles. The molecule has 0 spiro atoms. The first kappa shape index (κ1) is 17.1. The van der Waals surface area contributed by atoms with Crippen LogP contribution < -0.4 is 9.47 Å². The van der Waals surface area contributed by atoms with E-state index < -0.39 is 30.1 Å². The normalized spacial score (nSPS) is 29.0. The van der Waals surface area contributed by atoms with Crippen LogP contribution in [0.25, 0.3) is 0 Å². The molecule has 0 bridgehead atoms. The summed E-state index contributed by atoms with van der Waals surface area (Å²) in [7, 11) is 0. The van der Waals surface area contributed by atoms with Crippen LogP contribution in [0.1, 0.15) is 36.8 Å². The summed E-state index contributed by atoms with van der Waals surface area (Å²) in [5, 5.41) is 20.3. The van der Waals surface area contributed by atoms with E-state index in [1.807, 2.05) is 12.1 Å². The molecule has 0 saturated heterocycles. The van der Waals surface area contributed by atoms with Gasteiger partial charge in [-0.2, -0.15) is 0 Å². The second-order valence-corrected chi connectivity index (χ2v) is 6.84. The molecule has 2 heterocycles. The maximum Gasteiger partial charge on any atom is 0.397 e. The molecular formula is C18H21NO7. The zero-order valence-electron chi connectivity index (χ0n) is 14.4. The second-order valence-electron chi connectivity index (χ2n) is 6.84. The van der Waals surface area contributed by atoms with E-state index in [4.69, 9.17) is 14.2 Å². The highest BCUT2D eigenvalue weighted by Gasteiger charge is 2.46. The molecule has 1 saturated carbocycles. The molecule has 0 unspecified atom stereocenters. The van der Waals surface area contributed by atoms with Crippen molar-refractivity contribution in [2.45, 2.75) is 50.5 Å². The highest BCUT2D eigenvalue weighted by molar-refractivity contribution is 6.32. The molecule has 4 atom stereocenters. The molecule has 0 aromatic heterocycles. The Balaban J connectivity index is 1.73. The van der Waals surface area contributed by atoms with Gasteiger partial charge in [0.25, 0.3) is 0 Å². The van der Waals surface area contributed by atoms with Gasteiger partial charge < -0.3 is 29.3 Å². The van der Waals surface area contributed by atoms with E-state index in [1.165, 1.54) is 4.90 Å². The maximum absolute atomic E-state index is 12.6. The highest BCUT2D eigenvalue weighted by Crippen LogP contribution is 2.46. The van der Waals surface area contributed by atoms with Gasteiger partial charge >= 0.3 is 11.9 Å². The van der Waals surface area contributed by atoms with E-state index in [1.54, 1.807) is 6.92 Å². The first-order chi connectivity index (χ1) is 12.5. The molecule has 8 heteroatoms. The van der Waals surface area contributed by atoms with Crippen LogP contribution in [-0.4, -0.2) is 58.6 Å². The van der Waals surface area contributed by atoms with Gasteiger partial charge in [0.05, 0.1) is 18.8 Å². The zero-order chi connectivity index (χ0) is 18.4. The monoisotopic (exact) mass is 363 g/mol. The van der Waals surface area contributed by atoms with Gasteiger partial charge in [0.2, 0.25) is 6.79 Å². The number of hydrogen-bond acceptors (Lipinski definition) is 7. The van der Waals surface area contributed by atoms with Crippen molar-refractivity contribution >= 4 is 11.9 Å². The number of hydrogen-bond donors (Lipinski definition) is 2. The number of rotatable bonds is 1. The van der Waals surface area contributed by atoms with Gasteiger partial charge in [-0.15, -0.1) is 0 Å². The summed E-state index contributed by atoms with van der Waals surface area (Å²) in [6.07, 6.45) is -1.33. The average molecular weight is 363 g/mol. The number of benzene rings is 1. The molecule has 1 aromatic rings. The Bertz CT molecular complexity index is 749. The Morgan fingerprint density at radius 1 is 1.19 bits per heavy atom. The van der Waals surface area contributed by atoms with Crippen molar-refractivity contribution in [1.82, 2.24) is 4.90 Å². The third-order valence-corrected chi connectivity index (χ3v) is 5.37. The minimum Gasteiger partial charge on any atom is -0.459 e. The first-order valence-electron chi connectivity index (χ1n) is 8.75. The van der Waals surface area contributed by atoms with Crippen LogP contribution in [0.15, 0.2) is 12.1 Å². The van der Waals surface area contributed by atoms with Crippen LogP contribution in [0.5, 0.6) is 11.5 Å². The Labute approximate surface area is 150 Å². The Hall–Kier alpha value is -2.32. The molecule has 4 rings (SSSR count). The predicted octanol–water partition coefficient (Wildman–Crippen LogP) is 0.288. The lowest BCUT2D eigenvalue weighted by atomic mass is 9.72. The minimum absolute atomic E-state index is 0.114. The number of amides is 1. The number of nitrogens with zero attached hydrogens (tertiary/aromatic N) is 1. The van der Waals surface area contributed by atoms with Gasteiger partial charge in [0, 0.05) is 18.5 Å². The second kappa shape index (κ2) is 6.44. The molecule has 0 radical (unpaired) electrons. The summed E-state index contributed by atoms with van der Waals surface area (Å²) in [4.78, 5) is 26.1. The van der Waals surface area contributed by atoms with E-state index in [9.17, 15) is 19.8 Å². The Kier molecular flexibility index (Phi) is 4.24. The summed E-state index contributed by atoms with van der Waals surface area (Å²) in [6.45, 7) is 2.11. The predicted molar refractivity (Wildman–Crippen MR) is 87.5 cm³/mol. The fourth-order valence-corrected chi connectivity index (χ4v) is 4.14. The summed E-state index contributed by atoms with van der Waals surface area (Å²) in [5.74, 6) is -0.606. The molecular weight excluding hydrogens is 342 g/mol. The lowest BCUT2D eigenvalue weighted by Crippen LogP contribution is -2.55. The molecule has 8 nitrogen and oxygen atoms in total. The number of aliphatic hydroxyl groups is 2. The SMILES string of the molecule is CCOC(=O)C(=O)N1Cc2cc3c(cc2[C@@H]2C[C@@H](O)[C@@H](O)C[C@@H]21)OCO3. The summed E-state index contributed by atoms with van der Waals surface area (Å²) in [5.41, 5.74) is 1.80. The van der Waals surface area contributed by atoms with Crippen molar-refractivity contribution in [3.05, 3.63) is 23.3 Å². The summed E-state index contributed by atoms with van der Waals surface area (Å²) < 4.78 is 15.7. The van der Waals surface area contributed by atoms with E-state index in [2.05, 4.69) is 0 Å². The van der Waals surface area contributed by atoms with Crippen molar-refractivity contribution in [2.24, 2.45) is 0 Å². The van der Waals surface area contributed by atoms with Gasteiger partial charge in [-0.3, -0.25) is 4.79 Å². The van der Waals surface area contributed by atoms with Crippen molar-refractivity contribution in [2.75, 3.05) is 13.4 Å². The van der Waals surface area contributed by atoms with Gasteiger partial charge in [-0.25, -0.2) is 4.79 Å². The maximum atomic E-state index is 12.6. The molecule has 2 N–H and O–H groups in total. The van der Waals surface area contributed by atoms with Gasteiger partial charge in [-0.1, -0.05) is 0 Å². The number of carbonyl (C=O) groups is 2. The van der Waals surface area contributed by atoms with Crippen LogP contribution in [0.4, 0.5) is 0 Å². The van der Waals surface area contributed by atoms with Crippen molar-refractivity contribution in [3.8, 4) is 11.5 Å². The minimum atomic E-state index is -0.940. The average Bonchev–Trinajstić information content (AvgIpc) is 3.07.